The van der Waals surface area contributed by atoms with Gasteiger partial charge in [-0.15, -0.1) is 0 Å². The zero-order valence-corrected chi connectivity index (χ0v) is 13.6. The molecular formula is C19H21FN4. The van der Waals surface area contributed by atoms with Crippen molar-refractivity contribution < 1.29 is 4.39 Å². The number of nitrogens with zero attached hydrogens (tertiary/aromatic N) is 1. The van der Waals surface area contributed by atoms with Gasteiger partial charge >= 0.3 is 0 Å². The summed E-state index contributed by atoms with van der Waals surface area (Å²) in [6.45, 7) is 3.91. The first kappa shape index (κ1) is 15.2. The molecule has 0 bridgehead atoms. The molecule has 0 aromatic heterocycles. The molecular weight excluding hydrogens is 303 g/mol. The number of hydrazine groups is 1. The summed E-state index contributed by atoms with van der Waals surface area (Å²) in [6.07, 6.45) is 2.19. The number of anilines is 2. The fourth-order valence-corrected chi connectivity index (χ4v) is 3.44. The zero-order chi connectivity index (χ0) is 16.8. The second-order valence-electron chi connectivity index (χ2n) is 6.46. The van der Waals surface area contributed by atoms with Gasteiger partial charge in [-0.05, 0) is 54.6 Å². The number of halogens is 1. The second kappa shape index (κ2) is 5.61. The minimum absolute atomic E-state index is 0.111. The normalized spacial score (nSPS) is 17.6. The Hall–Kier alpha value is -2.37. The lowest BCUT2D eigenvalue weighted by Gasteiger charge is -2.21. The third-order valence-electron chi connectivity index (χ3n) is 4.87. The molecule has 0 saturated heterocycles. The van der Waals surface area contributed by atoms with Gasteiger partial charge in [-0.1, -0.05) is 30.8 Å². The van der Waals surface area contributed by atoms with Gasteiger partial charge in [0.1, 0.15) is 11.6 Å². The van der Waals surface area contributed by atoms with Crippen molar-refractivity contribution in [3.8, 4) is 0 Å². The molecule has 0 amide bonds. The Kier molecular flexibility index (Phi) is 3.55. The van der Waals surface area contributed by atoms with Gasteiger partial charge in [-0.2, -0.15) is 0 Å². The maximum Gasteiger partial charge on any atom is 0.127 e. The van der Waals surface area contributed by atoms with Crippen LogP contribution in [-0.2, 0) is 0 Å². The van der Waals surface area contributed by atoms with E-state index in [2.05, 4.69) is 17.2 Å². The van der Waals surface area contributed by atoms with Crippen molar-refractivity contribution in [3.05, 3.63) is 71.3 Å². The van der Waals surface area contributed by atoms with Gasteiger partial charge in [0, 0.05) is 0 Å². The van der Waals surface area contributed by atoms with Crippen LogP contribution in [0.4, 0.5) is 15.8 Å². The molecule has 24 heavy (non-hydrogen) atoms. The molecule has 2 aromatic rings. The fraction of sp³-hybridized carbons (Fsp3) is 0.263. The van der Waals surface area contributed by atoms with Crippen LogP contribution in [0.2, 0.25) is 0 Å². The van der Waals surface area contributed by atoms with Gasteiger partial charge in [-0.25, -0.2) is 10.2 Å². The number of rotatable bonds is 4. The average Bonchev–Trinajstić information content (AvgIpc) is 3.36. The molecule has 4 nitrogen and oxygen atoms in total. The highest BCUT2D eigenvalue weighted by atomic mass is 19.1. The van der Waals surface area contributed by atoms with Gasteiger partial charge in [0.25, 0.3) is 0 Å². The molecule has 0 radical (unpaired) electrons. The summed E-state index contributed by atoms with van der Waals surface area (Å²) in [5, 5.41) is 8.05. The summed E-state index contributed by atoms with van der Waals surface area (Å²) in [5.74, 6) is 6.94. The smallest absolute Gasteiger partial charge is 0.127 e. The maximum atomic E-state index is 14.5. The summed E-state index contributed by atoms with van der Waals surface area (Å²) in [6, 6.07) is 11.4. The van der Waals surface area contributed by atoms with Crippen molar-refractivity contribution in [1.29, 1.82) is 0 Å². The van der Waals surface area contributed by atoms with Gasteiger partial charge in [-0.3, -0.25) is 5.01 Å². The quantitative estimate of drug-likeness (QED) is 0.752. The topological polar surface area (TPSA) is 53.3 Å². The van der Waals surface area contributed by atoms with E-state index in [9.17, 15) is 4.39 Å². The largest absolute Gasteiger partial charge is 0.339 e. The van der Waals surface area contributed by atoms with Crippen molar-refractivity contribution in [3.63, 3.8) is 0 Å². The Morgan fingerprint density at radius 3 is 2.79 bits per heavy atom. The van der Waals surface area contributed by atoms with Crippen molar-refractivity contribution in [1.82, 2.24) is 5.32 Å². The first-order valence-electron chi connectivity index (χ1n) is 8.20. The van der Waals surface area contributed by atoms with Crippen LogP contribution in [0.5, 0.6) is 0 Å². The molecule has 1 atom stereocenters. The second-order valence-corrected chi connectivity index (χ2v) is 6.46. The summed E-state index contributed by atoms with van der Waals surface area (Å²) in [5.41, 5.74) is 4.54. The number of nitrogens with one attached hydrogen (secondary N) is 2. The van der Waals surface area contributed by atoms with E-state index in [1.54, 1.807) is 6.07 Å². The summed E-state index contributed by atoms with van der Waals surface area (Å²) >= 11 is 0. The molecule has 2 aliphatic rings. The average molecular weight is 324 g/mol. The first-order chi connectivity index (χ1) is 11.6. The van der Waals surface area contributed by atoms with E-state index < -0.39 is 0 Å². The molecule has 1 fully saturated rings. The number of hydrogen-bond donors (Lipinski definition) is 3. The lowest BCUT2D eigenvalue weighted by atomic mass is 9.95. The molecule has 0 spiro atoms. The fourth-order valence-electron chi connectivity index (χ4n) is 3.44. The number of fused-ring (bicyclic) bond motifs is 1. The van der Waals surface area contributed by atoms with Crippen molar-refractivity contribution in [2.75, 3.05) is 17.4 Å². The van der Waals surface area contributed by atoms with Gasteiger partial charge < -0.3 is 10.6 Å². The summed E-state index contributed by atoms with van der Waals surface area (Å²) < 4.78 is 14.5. The predicted molar refractivity (Wildman–Crippen MR) is 95.1 cm³/mol. The SMILES string of the molecule is C=C1Nc2c(C(NC)c3ccc(C4CC4)c(F)c3)cccc2N1N. The summed E-state index contributed by atoms with van der Waals surface area (Å²) in [7, 11) is 1.88. The van der Waals surface area contributed by atoms with Gasteiger partial charge in [0.2, 0.25) is 0 Å². The van der Waals surface area contributed by atoms with E-state index in [0.717, 1.165) is 40.9 Å². The van der Waals surface area contributed by atoms with Gasteiger partial charge in [0.15, 0.2) is 0 Å². The Bertz CT molecular complexity index is 813. The minimum Gasteiger partial charge on any atom is -0.339 e. The number of para-hydroxylation sites is 1. The predicted octanol–water partition coefficient (Wildman–Crippen LogP) is 3.59. The molecule has 2 aromatic carbocycles. The molecule has 4 N–H and O–H groups in total. The van der Waals surface area contributed by atoms with E-state index in [1.807, 2.05) is 37.4 Å². The molecule has 1 aliphatic carbocycles. The standard InChI is InChI=1S/C19H21FN4/c1-11-23-19-15(4-3-5-17(19)24(11)21)18(22-2)13-8-9-14(12-6-7-12)16(20)10-13/h3-5,8-10,12,18,22-23H,1,6-7,21H2,2H3. The Morgan fingerprint density at radius 2 is 2.12 bits per heavy atom. The molecule has 124 valence electrons. The van der Waals surface area contributed by atoms with Crippen LogP contribution < -0.4 is 21.5 Å². The van der Waals surface area contributed by atoms with Crippen molar-refractivity contribution >= 4 is 11.4 Å². The molecule has 1 saturated carbocycles. The van der Waals surface area contributed by atoms with E-state index >= 15 is 0 Å². The minimum atomic E-state index is -0.130. The van der Waals surface area contributed by atoms with Crippen LogP contribution in [0.3, 0.4) is 0 Å². The van der Waals surface area contributed by atoms with Crippen LogP contribution in [-0.4, -0.2) is 7.05 Å². The maximum absolute atomic E-state index is 14.5. The lowest BCUT2D eigenvalue weighted by molar-refractivity contribution is 0.601. The number of hydrogen-bond acceptors (Lipinski definition) is 4. The molecule has 1 heterocycles. The highest BCUT2D eigenvalue weighted by molar-refractivity contribution is 5.83. The van der Waals surface area contributed by atoms with Crippen molar-refractivity contribution in [2.45, 2.75) is 24.8 Å². The Morgan fingerprint density at radius 1 is 1.33 bits per heavy atom. The van der Waals surface area contributed by atoms with Crippen LogP contribution in [0.25, 0.3) is 0 Å². The van der Waals surface area contributed by atoms with Crippen LogP contribution in [0.15, 0.2) is 48.8 Å². The van der Waals surface area contributed by atoms with E-state index in [0.29, 0.717) is 11.7 Å². The van der Waals surface area contributed by atoms with E-state index in [-0.39, 0.29) is 11.9 Å². The highest BCUT2D eigenvalue weighted by Crippen LogP contribution is 2.43. The first-order valence-corrected chi connectivity index (χ1v) is 8.20. The Labute approximate surface area is 141 Å². The van der Waals surface area contributed by atoms with Crippen molar-refractivity contribution in [2.24, 2.45) is 5.84 Å². The van der Waals surface area contributed by atoms with Crippen LogP contribution in [0, 0.1) is 5.82 Å². The van der Waals surface area contributed by atoms with Crippen LogP contribution >= 0.6 is 0 Å². The molecule has 4 rings (SSSR count). The molecule has 1 unspecified atom stereocenters. The highest BCUT2D eigenvalue weighted by Gasteiger charge is 2.29. The van der Waals surface area contributed by atoms with E-state index in [4.69, 9.17) is 5.84 Å². The summed E-state index contributed by atoms with van der Waals surface area (Å²) in [4.78, 5) is 0. The third-order valence-corrected chi connectivity index (χ3v) is 4.87. The van der Waals surface area contributed by atoms with Crippen LogP contribution in [0.1, 0.15) is 41.5 Å². The third kappa shape index (κ3) is 2.37. The monoisotopic (exact) mass is 324 g/mol. The zero-order valence-electron chi connectivity index (χ0n) is 13.6. The van der Waals surface area contributed by atoms with E-state index in [1.165, 1.54) is 5.01 Å². The molecule has 5 heteroatoms. The molecule has 1 aliphatic heterocycles. The number of benzene rings is 2. The Balaban J connectivity index is 1.75. The van der Waals surface area contributed by atoms with Gasteiger partial charge in [0.05, 0.1) is 17.4 Å². The number of nitrogens with two attached hydrogens (primary N) is 1. The lowest BCUT2D eigenvalue weighted by Crippen LogP contribution is -2.27.